The van der Waals surface area contributed by atoms with Crippen LogP contribution < -0.4 is 0 Å². The predicted octanol–water partition coefficient (Wildman–Crippen LogP) is 4.76. The molecule has 0 N–H and O–H groups in total. The van der Waals surface area contributed by atoms with Crippen LogP contribution in [0, 0.1) is 19.8 Å². The van der Waals surface area contributed by atoms with E-state index in [1.807, 2.05) is 0 Å². The molecule has 0 aliphatic heterocycles. The smallest absolute Gasteiger partial charge is 0.0213 e. The lowest BCUT2D eigenvalue weighted by atomic mass is 9.94. The summed E-state index contributed by atoms with van der Waals surface area (Å²) in [4.78, 5) is 0. The van der Waals surface area contributed by atoms with Gasteiger partial charge in [0, 0.05) is 5.92 Å². The first-order chi connectivity index (χ1) is 8.63. The minimum absolute atomic E-state index is 0.478. The van der Waals surface area contributed by atoms with E-state index in [1.165, 1.54) is 33.4 Å². The van der Waals surface area contributed by atoms with Crippen molar-refractivity contribution in [1.29, 1.82) is 0 Å². The van der Waals surface area contributed by atoms with Crippen LogP contribution in [0.4, 0.5) is 0 Å². The summed E-state index contributed by atoms with van der Waals surface area (Å²) in [6.07, 6.45) is 11.4. The highest BCUT2D eigenvalue weighted by Gasteiger charge is 2.18. The summed E-state index contributed by atoms with van der Waals surface area (Å²) in [5, 5.41) is 0. The molecule has 0 heterocycles. The molecule has 0 heteroatoms. The van der Waals surface area contributed by atoms with Crippen molar-refractivity contribution in [1.82, 2.24) is 0 Å². The number of benzene rings is 1. The Hall–Kier alpha value is -1.82. The van der Waals surface area contributed by atoms with E-state index in [2.05, 4.69) is 69.4 Å². The average Bonchev–Trinajstić information content (AvgIpc) is 2.75. The maximum atomic E-state index is 2.37. The van der Waals surface area contributed by atoms with Crippen molar-refractivity contribution >= 4 is 5.57 Å². The highest BCUT2D eigenvalue weighted by molar-refractivity contribution is 5.80. The van der Waals surface area contributed by atoms with E-state index < -0.39 is 0 Å². The van der Waals surface area contributed by atoms with Gasteiger partial charge in [0.2, 0.25) is 0 Å². The van der Waals surface area contributed by atoms with Gasteiger partial charge in [-0.2, -0.15) is 0 Å². The number of hydrogen-bond donors (Lipinski definition) is 0. The fourth-order valence-corrected chi connectivity index (χ4v) is 2.58. The van der Waals surface area contributed by atoms with Crippen LogP contribution in [0.3, 0.4) is 0 Å². The molecule has 1 unspecified atom stereocenters. The topological polar surface area (TPSA) is 0 Å². The van der Waals surface area contributed by atoms with Crippen LogP contribution in [-0.2, 0) is 0 Å². The summed E-state index contributed by atoms with van der Waals surface area (Å²) >= 11 is 0. The summed E-state index contributed by atoms with van der Waals surface area (Å²) in [5.74, 6) is 0.478. The maximum absolute atomic E-state index is 2.37. The van der Waals surface area contributed by atoms with Crippen LogP contribution in [0.2, 0.25) is 0 Å². The van der Waals surface area contributed by atoms with Crippen LogP contribution in [0.25, 0.3) is 5.57 Å². The molecular formula is C18H18. The van der Waals surface area contributed by atoms with Crippen LogP contribution in [0.15, 0.2) is 59.7 Å². The van der Waals surface area contributed by atoms with E-state index in [-0.39, 0.29) is 0 Å². The zero-order valence-electron chi connectivity index (χ0n) is 11.2. The summed E-state index contributed by atoms with van der Waals surface area (Å²) in [6.45, 7) is 6.50. The van der Waals surface area contributed by atoms with Crippen molar-refractivity contribution in [2.45, 2.75) is 20.8 Å². The molecule has 90 valence electrons. The van der Waals surface area contributed by atoms with Gasteiger partial charge < -0.3 is 0 Å². The highest BCUT2D eigenvalue weighted by atomic mass is 14.2. The third-order valence-corrected chi connectivity index (χ3v) is 3.89. The van der Waals surface area contributed by atoms with Crippen molar-refractivity contribution in [3.8, 4) is 0 Å². The minimum Gasteiger partial charge on any atom is -0.0703 e. The largest absolute Gasteiger partial charge is 0.0703 e. The van der Waals surface area contributed by atoms with Crippen LogP contribution >= 0.6 is 0 Å². The number of fused-ring (bicyclic) bond motifs is 1. The number of hydrogen-bond acceptors (Lipinski definition) is 0. The fraction of sp³-hybridized carbons (Fsp3) is 0.222. The summed E-state index contributed by atoms with van der Waals surface area (Å²) in [5.41, 5.74) is 8.18. The first-order valence-corrected chi connectivity index (χ1v) is 6.51. The van der Waals surface area contributed by atoms with Gasteiger partial charge in [-0.1, -0.05) is 54.2 Å². The third kappa shape index (κ3) is 1.88. The van der Waals surface area contributed by atoms with E-state index in [0.717, 1.165) is 0 Å². The normalized spacial score (nSPS) is 21.3. The van der Waals surface area contributed by atoms with Gasteiger partial charge in [-0.3, -0.25) is 0 Å². The number of allylic oxidation sites excluding steroid dienone is 8. The van der Waals surface area contributed by atoms with E-state index in [1.54, 1.807) is 0 Å². The van der Waals surface area contributed by atoms with E-state index in [9.17, 15) is 0 Å². The molecule has 1 atom stereocenters. The monoisotopic (exact) mass is 234 g/mol. The first kappa shape index (κ1) is 11.3. The molecule has 2 aliphatic rings. The second-order valence-electron chi connectivity index (χ2n) is 5.34. The summed E-state index contributed by atoms with van der Waals surface area (Å²) in [7, 11) is 0. The Morgan fingerprint density at radius 3 is 2.50 bits per heavy atom. The quantitative estimate of drug-likeness (QED) is 0.657. The van der Waals surface area contributed by atoms with Gasteiger partial charge in [-0.25, -0.2) is 0 Å². The molecular weight excluding hydrogens is 216 g/mol. The van der Waals surface area contributed by atoms with Gasteiger partial charge in [0.1, 0.15) is 0 Å². The van der Waals surface area contributed by atoms with Gasteiger partial charge in [0.25, 0.3) is 0 Å². The Kier molecular flexibility index (Phi) is 2.59. The second-order valence-corrected chi connectivity index (χ2v) is 5.34. The lowest BCUT2D eigenvalue weighted by Crippen LogP contribution is -1.96. The minimum atomic E-state index is 0.478. The predicted molar refractivity (Wildman–Crippen MR) is 78.4 cm³/mol. The molecule has 0 saturated heterocycles. The van der Waals surface area contributed by atoms with Gasteiger partial charge in [0.05, 0.1) is 0 Å². The molecule has 1 aromatic carbocycles. The van der Waals surface area contributed by atoms with Gasteiger partial charge in [-0.05, 0) is 48.6 Å². The fourth-order valence-electron chi connectivity index (χ4n) is 2.58. The SMILES string of the molecule is CC1=CC2C=C(c3ccc(C)c(C)c3)C=C2C=C1. The molecule has 3 rings (SSSR count). The molecule has 0 fully saturated rings. The lowest BCUT2D eigenvalue weighted by molar-refractivity contribution is 1.00. The van der Waals surface area contributed by atoms with Crippen molar-refractivity contribution in [2.24, 2.45) is 5.92 Å². The Morgan fingerprint density at radius 1 is 0.889 bits per heavy atom. The standard InChI is InChI=1S/C18H18/c1-12-4-6-16-10-18(11-17(16)8-12)15-7-5-13(2)14(3)9-15/h4-11,17H,1-3H3. The molecule has 0 aromatic heterocycles. The molecule has 0 amide bonds. The van der Waals surface area contributed by atoms with E-state index in [0.29, 0.717) is 5.92 Å². The lowest BCUT2D eigenvalue weighted by Gasteiger charge is -2.10. The van der Waals surface area contributed by atoms with Gasteiger partial charge in [0.15, 0.2) is 0 Å². The van der Waals surface area contributed by atoms with Gasteiger partial charge >= 0.3 is 0 Å². The molecule has 2 aliphatic carbocycles. The van der Waals surface area contributed by atoms with E-state index in [4.69, 9.17) is 0 Å². The zero-order valence-corrected chi connectivity index (χ0v) is 11.2. The van der Waals surface area contributed by atoms with Gasteiger partial charge in [-0.15, -0.1) is 0 Å². The second kappa shape index (κ2) is 4.13. The Labute approximate surface area is 109 Å². The highest BCUT2D eigenvalue weighted by Crippen LogP contribution is 2.35. The van der Waals surface area contributed by atoms with Crippen LogP contribution in [-0.4, -0.2) is 0 Å². The summed E-state index contributed by atoms with van der Waals surface area (Å²) < 4.78 is 0. The molecule has 0 bridgehead atoms. The number of rotatable bonds is 1. The molecule has 0 saturated carbocycles. The number of aryl methyl sites for hydroxylation is 2. The van der Waals surface area contributed by atoms with E-state index >= 15 is 0 Å². The molecule has 0 spiro atoms. The van der Waals surface area contributed by atoms with Crippen LogP contribution in [0.1, 0.15) is 23.6 Å². The maximum Gasteiger partial charge on any atom is 0.0213 e. The molecule has 1 aromatic rings. The molecule has 18 heavy (non-hydrogen) atoms. The van der Waals surface area contributed by atoms with Crippen LogP contribution in [0.5, 0.6) is 0 Å². The summed E-state index contributed by atoms with van der Waals surface area (Å²) in [6, 6.07) is 6.72. The Balaban J connectivity index is 2.00. The first-order valence-electron chi connectivity index (χ1n) is 6.51. The van der Waals surface area contributed by atoms with Crippen molar-refractivity contribution < 1.29 is 0 Å². The van der Waals surface area contributed by atoms with Crippen molar-refractivity contribution in [3.63, 3.8) is 0 Å². The van der Waals surface area contributed by atoms with Crippen molar-refractivity contribution in [2.75, 3.05) is 0 Å². The third-order valence-electron chi connectivity index (χ3n) is 3.89. The van der Waals surface area contributed by atoms with Crippen molar-refractivity contribution in [3.05, 3.63) is 76.4 Å². The molecule has 0 radical (unpaired) electrons. The molecule has 0 nitrogen and oxygen atoms in total. The average molecular weight is 234 g/mol. The zero-order chi connectivity index (χ0) is 12.7. The Morgan fingerprint density at radius 2 is 1.72 bits per heavy atom. The Bertz CT molecular complexity index is 621.